The molecule has 0 saturated carbocycles. The van der Waals surface area contributed by atoms with E-state index in [4.69, 9.17) is 11.6 Å². The fraction of sp³-hybridized carbons (Fsp3) is 0.355. The molecule has 2 amide bonds. The van der Waals surface area contributed by atoms with Gasteiger partial charge in [0.2, 0.25) is 11.8 Å². The molecule has 1 unspecified atom stereocenters. The Bertz CT molecular complexity index is 1440. The zero-order valence-corrected chi connectivity index (χ0v) is 25.5. The third kappa shape index (κ3) is 7.86. The van der Waals surface area contributed by atoms with Gasteiger partial charge in [-0.25, -0.2) is 8.42 Å². The Hall–Kier alpha value is -3.36. The fourth-order valence-electron chi connectivity index (χ4n) is 4.26. The number of rotatable bonds is 11. The van der Waals surface area contributed by atoms with Crippen molar-refractivity contribution in [3.05, 3.63) is 94.0 Å². The Morgan fingerprint density at radius 2 is 1.48 bits per heavy atom. The molecule has 9 heteroatoms. The summed E-state index contributed by atoms with van der Waals surface area (Å²) in [5.41, 5.74) is 3.78. The van der Waals surface area contributed by atoms with E-state index >= 15 is 0 Å². The standard InChI is InChI=1S/C31H38ClN3O4S/c1-21(2)18-33-31(37)25(6)34(19-26-10-12-27(32)13-11-26)30(36)20-35(29-16-9-23(4)17-24(29)5)40(38,39)28-14-7-22(3)8-15-28/h7-17,21,25H,18-20H2,1-6H3,(H,33,37). The monoisotopic (exact) mass is 583 g/mol. The minimum Gasteiger partial charge on any atom is -0.354 e. The van der Waals surface area contributed by atoms with Gasteiger partial charge in [-0.05, 0) is 75.1 Å². The van der Waals surface area contributed by atoms with Gasteiger partial charge in [0.15, 0.2) is 0 Å². The maximum atomic E-state index is 14.0. The lowest BCUT2D eigenvalue weighted by Crippen LogP contribution is -2.51. The van der Waals surface area contributed by atoms with Crippen LogP contribution in [0.5, 0.6) is 0 Å². The average molecular weight is 584 g/mol. The molecule has 214 valence electrons. The third-order valence-electron chi connectivity index (χ3n) is 6.63. The first-order valence-electron chi connectivity index (χ1n) is 13.3. The molecule has 3 rings (SSSR count). The lowest BCUT2D eigenvalue weighted by molar-refractivity contribution is -0.139. The van der Waals surface area contributed by atoms with Crippen molar-refractivity contribution >= 4 is 39.1 Å². The zero-order valence-electron chi connectivity index (χ0n) is 23.9. The number of benzene rings is 3. The van der Waals surface area contributed by atoms with E-state index in [2.05, 4.69) is 5.32 Å². The van der Waals surface area contributed by atoms with Crippen molar-refractivity contribution in [3.63, 3.8) is 0 Å². The summed E-state index contributed by atoms with van der Waals surface area (Å²) in [5.74, 6) is -0.579. The number of halogens is 1. The van der Waals surface area contributed by atoms with E-state index in [-0.39, 0.29) is 23.3 Å². The summed E-state index contributed by atoms with van der Waals surface area (Å²) in [6, 6.07) is 18.1. The molecule has 40 heavy (non-hydrogen) atoms. The number of carbonyl (C=O) groups is 2. The summed E-state index contributed by atoms with van der Waals surface area (Å²) in [5, 5.41) is 3.44. The van der Waals surface area contributed by atoms with E-state index in [1.165, 1.54) is 4.90 Å². The summed E-state index contributed by atoms with van der Waals surface area (Å²) < 4.78 is 29.1. The molecule has 0 radical (unpaired) electrons. The van der Waals surface area contributed by atoms with Crippen LogP contribution in [0.2, 0.25) is 5.02 Å². The zero-order chi connectivity index (χ0) is 29.6. The van der Waals surface area contributed by atoms with Crippen molar-refractivity contribution in [3.8, 4) is 0 Å². The molecule has 0 fully saturated rings. The van der Waals surface area contributed by atoms with Crippen molar-refractivity contribution in [2.24, 2.45) is 5.92 Å². The van der Waals surface area contributed by atoms with Gasteiger partial charge in [0, 0.05) is 18.1 Å². The van der Waals surface area contributed by atoms with Gasteiger partial charge >= 0.3 is 0 Å². The van der Waals surface area contributed by atoms with Crippen molar-refractivity contribution in [2.75, 3.05) is 17.4 Å². The summed E-state index contributed by atoms with van der Waals surface area (Å²) in [6.07, 6.45) is 0. The van der Waals surface area contributed by atoms with Crippen LogP contribution in [-0.4, -0.2) is 44.3 Å². The number of sulfonamides is 1. The van der Waals surface area contributed by atoms with Gasteiger partial charge in [0.1, 0.15) is 12.6 Å². The lowest BCUT2D eigenvalue weighted by atomic mass is 10.1. The molecule has 0 aliphatic heterocycles. The highest BCUT2D eigenvalue weighted by Crippen LogP contribution is 2.28. The van der Waals surface area contributed by atoms with Gasteiger partial charge in [-0.2, -0.15) is 0 Å². The number of amides is 2. The summed E-state index contributed by atoms with van der Waals surface area (Å²) in [6.45, 7) is 11.3. The quantitative estimate of drug-likeness (QED) is 0.316. The topological polar surface area (TPSA) is 86.8 Å². The van der Waals surface area contributed by atoms with E-state index in [0.29, 0.717) is 17.3 Å². The summed E-state index contributed by atoms with van der Waals surface area (Å²) in [7, 11) is -4.11. The van der Waals surface area contributed by atoms with E-state index in [9.17, 15) is 18.0 Å². The Morgan fingerprint density at radius 1 is 0.875 bits per heavy atom. The van der Waals surface area contributed by atoms with Crippen LogP contribution in [-0.2, 0) is 26.2 Å². The molecule has 0 aromatic heterocycles. The normalized spacial score (nSPS) is 12.2. The molecule has 1 atom stereocenters. The first-order chi connectivity index (χ1) is 18.8. The molecule has 0 heterocycles. The van der Waals surface area contributed by atoms with Gasteiger partial charge in [0.25, 0.3) is 10.0 Å². The van der Waals surface area contributed by atoms with Gasteiger partial charge < -0.3 is 10.2 Å². The Labute approximate surface area is 243 Å². The number of carbonyl (C=O) groups excluding carboxylic acids is 2. The lowest BCUT2D eigenvalue weighted by Gasteiger charge is -2.32. The number of aryl methyl sites for hydroxylation is 3. The minimum absolute atomic E-state index is 0.0813. The van der Waals surface area contributed by atoms with Crippen LogP contribution < -0.4 is 9.62 Å². The number of hydrogen-bond donors (Lipinski definition) is 1. The van der Waals surface area contributed by atoms with Gasteiger partial charge in [-0.1, -0.05) is 73.0 Å². The molecular formula is C31H38ClN3O4S. The highest BCUT2D eigenvalue weighted by Gasteiger charge is 2.33. The predicted octanol–water partition coefficient (Wildman–Crippen LogP) is 5.65. The van der Waals surface area contributed by atoms with Crippen LogP contribution >= 0.6 is 11.6 Å². The predicted molar refractivity (Wildman–Crippen MR) is 161 cm³/mol. The SMILES string of the molecule is Cc1ccc(S(=O)(=O)N(CC(=O)N(Cc2ccc(Cl)cc2)C(C)C(=O)NCC(C)C)c2ccc(C)cc2C)cc1. The molecule has 0 aliphatic rings. The van der Waals surface area contributed by atoms with Crippen LogP contribution in [0.25, 0.3) is 0 Å². The highest BCUT2D eigenvalue weighted by molar-refractivity contribution is 7.92. The molecule has 3 aromatic carbocycles. The number of nitrogens with zero attached hydrogens (tertiary/aromatic N) is 2. The van der Waals surface area contributed by atoms with Crippen LogP contribution in [0, 0.1) is 26.7 Å². The fourth-order valence-corrected chi connectivity index (χ4v) is 5.86. The maximum Gasteiger partial charge on any atom is 0.264 e. The second-order valence-corrected chi connectivity index (χ2v) is 12.9. The van der Waals surface area contributed by atoms with E-state index < -0.39 is 28.5 Å². The molecular weight excluding hydrogens is 546 g/mol. The largest absolute Gasteiger partial charge is 0.354 e. The Morgan fingerprint density at radius 3 is 2.05 bits per heavy atom. The van der Waals surface area contributed by atoms with Crippen molar-refractivity contribution in [1.29, 1.82) is 0 Å². The first-order valence-corrected chi connectivity index (χ1v) is 15.1. The number of hydrogen-bond acceptors (Lipinski definition) is 4. The number of nitrogens with one attached hydrogen (secondary N) is 1. The average Bonchev–Trinajstić information content (AvgIpc) is 2.90. The van der Waals surface area contributed by atoms with E-state index in [1.807, 2.05) is 46.8 Å². The maximum absolute atomic E-state index is 14.0. The molecule has 0 saturated heterocycles. The molecule has 1 N–H and O–H groups in total. The number of anilines is 1. The Kier molecular flexibility index (Phi) is 10.4. The Balaban J connectivity index is 2.04. The molecule has 7 nitrogen and oxygen atoms in total. The van der Waals surface area contributed by atoms with Crippen LogP contribution in [0.1, 0.15) is 43.0 Å². The van der Waals surface area contributed by atoms with E-state index in [0.717, 1.165) is 26.6 Å². The van der Waals surface area contributed by atoms with E-state index in [1.54, 1.807) is 61.5 Å². The second kappa shape index (κ2) is 13.3. The first kappa shape index (κ1) is 31.2. The molecule has 0 bridgehead atoms. The van der Waals surface area contributed by atoms with Gasteiger partial charge in [0.05, 0.1) is 10.6 Å². The second-order valence-electron chi connectivity index (χ2n) is 10.6. The smallest absolute Gasteiger partial charge is 0.264 e. The van der Waals surface area contributed by atoms with Crippen LogP contribution in [0.4, 0.5) is 5.69 Å². The van der Waals surface area contributed by atoms with Gasteiger partial charge in [-0.3, -0.25) is 13.9 Å². The van der Waals surface area contributed by atoms with Crippen molar-refractivity contribution in [2.45, 2.75) is 59.0 Å². The molecule has 0 spiro atoms. The van der Waals surface area contributed by atoms with Gasteiger partial charge in [-0.15, -0.1) is 0 Å². The third-order valence-corrected chi connectivity index (χ3v) is 8.65. The van der Waals surface area contributed by atoms with Crippen LogP contribution in [0.3, 0.4) is 0 Å². The minimum atomic E-state index is -4.11. The van der Waals surface area contributed by atoms with Crippen molar-refractivity contribution < 1.29 is 18.0 Å². The van der Waals surface area contributed by atoms with Crippen LogP contribution in [0.15, 0.2) is 71.6 Å². The molecule has 0 aliphatic carbocycles. The highest BCUT2D eigenvalue weighted by atomic mass is 35.5. The van der Waals surface area contributed by atoms with Crippen molar-refractivity contribution in [1.82, 2.24) is 10.2 Å². The summed E-state index contributed by atoms with van der Waals surface area (Å²) in [4.78, 5) is 28.6. The summed E-state index contributed by atoms with van der Waals surface area (Å²) >= 11 is 6.06. The molecule has 3 aromatic rings.